The Bertz CT molecular complexity index is 847. The van der Waals surface area contributed by atoms with Gasteiger partial charge in [0.15, 0.2) is 0 Å². The summed E-state index contributed by atoms with van der Waals surface area (Å²) in [5, 5.41) is 5.93. The molecule has 0 radical (unpaired) electrons. The molecular formula is C14H10ClN3OS. The van der Waals surface area contributed by atoms with Gasteiger partial charge in [-0.05, 0) is 24.3 Å². The van der Waals surface area contributed by atoms with Crippen LogP contribution in [-0.2, 0) is 6.54 Å². The van der Waals surface area contributed by atoms with Crippen molar-refractivity contribution in [3.8, 4) is 0 Å². The number of fused-ring (bicyclic) bond motifs is 1. The van der Waals surface area contributed by atoms with Gasteiger partial charge in [-0.2, -0.15) is 5.10 Å². The highest BCUT2D eigenvalue weighted by Gasteiger charge is 2.07. The van der Waals surface area contributed by atoms with E-state index >= 15 is 0 Å². The summed E-state index contributed by atoms with van der Waals surface area (Å²) in [5.74, 6) is 0. The Labute approximate surface area is 125 Å². The summed E-state index contributed by atoms with van der Waals surface area (Å²) in [6.45, 7) is 0.296. The number of hydrogen-bond donors (Lipinski definition) is 1. The first-order valence-corrected chi connectivity index (χ1v) is 6.76. The normalized spacial score (nSPS) is 10.9. The van der Waals surface area contributed by atoms with Crippen molar-refractivity contribution in [3.05, 3.63) is 63.8 Å². The molecule has 3 rings (SSSR count). The summed E-state index contributed by atoms with van der Waals surface area (Å²) in [6, 6.07) is 8.95. The number of thiol groups is 1. The van der Waals surface area contributed by atoms with Gasteiger partial charge in [0, 0.05) is 22.0 Å². The van der Waals surface area contributed by atoms with E-state index in [1.165, 1.54) is 4.68 Å². The molecule has 0 bridgehead atoms. The lowest BCUT2D eigenvalue weighted by atomic mass is 10.2. The zero-order valence-corrected chi connectivity index (χ0v) is 12.0. The molecule has 2 aromatic heterocycles. The minimum absolute atomic E-state index is 0.157. The number of nitrogens with zero attached hydrogens (tertiary/aromatic N) is 3. The molecule has 1 aromatic carbocycles. The van der Waals surface area contributed by atoms with Crippen LogP contribution in [0.1, 0.15) is 5.56 Å². The van der Waals surface area contributed by atoms with Crippen LogP contribution >= 0.6 is 24.2 Å². The summed E-state index contributed by atoms with van der Waals surface area (Å²) < 4.78 is 1.38. The molecular weight excluding hydrogens is 294 g/mol. The van der Waals surface area contributed by atoms with E-state index in [4.69, 9.17) is 11.6 Å². The van der Waals surface area contributed by atoms with Gasteiger partial charge >= 0.3 is 0 Å². The smallest absolute Gasteiger partial charge is 0.267 e. The highest BCUT2D eigenvalue weighted by molar-refractivity contribution is 7.80. The molecule has 3 aromatic rings. The van der Waals surface area contributed by atoms with Crippen molar-refractivity contribution in [2.75, 3.05) is 0 Å². The zero-order valence-electron chi connectivity index (χ0n) is 10.3. The third-order valence-corrected chi connectivity index (χ3v) is 3.61. The Kier molecular flexibility index (Phi) is 3.46. The topological polar surface area (TPSA) is 47.8 Å². The quantitative estimate of drug-likeness (QED) is 0.585. The van der Waals surface area contributed by atoms with Gasteiger partial charge in [-0.25, -0.2) is 9.67 Å². The molecule has 2 heterocycles. The maximum atomic E-state index is 12.4. The maximum Gasteiger partial charge on any atom is 0.274 e. The molecule has 0 aliphatic heterocycles. The number of pyridine rings is 1. The van der Waals surface area contributed by atoms with Crippen LogP contribution in [0, 0.1) is 0 Å². The van der Waals surface area contributed by atoms with Crippen LogP contribution < -0.4 is 5.56 Å². The summed E-state index contributed by atoms with van der Waals surface area (Å²) in [4.78, 5) is 17.2. The molecule has 0 saturated heterocycles. The lowest BCUT2D eigenvalue weighted by Crippen LogP contribution is -2.23. The van der Waals surface area contributed by atoms with Crippen molar-refractivity contribution in [3.63, 3.8) is 0 Å². The molecule has 0 N–H and O–H groups in total. The lowest BCUT2D eigenvalue weighted by Gasteiger charge is -2.07. The largest absolute Gasteiger partial charge is 0.274 e. The van der Waals surface area contributed by atoms with E-state index in [9.17, 15) is 4.79 Å². The van der Waals surface area contributed by atoms with E-state index in [1.54, 1.807) is 30.6 Å². The van der Waals surface area contributed by atoms with Crippen molar-refractivity contribution in [1.29, 1.82) is 0 Å². The first-order valence-electron chi connectivity index (χ1n) is 5.93. The van der Waals surface area contributed by atoms with Gasteiger partial charge < -0.3 is 0 Å². The first kappa shape index (κ1) is 13.1. The van der Waals surface area contributed by atoms with Crippen LogP contribution in [-0.4, -0.2) is 14.8 Å². The molecule has 0 spiro atoms. The second-order valence-electron chi connectivity index (χ2n) is 4.33. The monoisotopic (exact) mass is 303 g/mol. The van der Waals surface area contributed by atoms with Gasteiger partial charge in [-0.3, -0.25) is 4.79 Å². The minimum Gasteiger partial charge on any atom is -0.267 e. The first-order chi connectivity index (χ1) is 9.65. The van der Waals surface area contributed by atoms with Gasteiger partial charge in [0.1, 0.15) is 5.15 Å². The van der Waals surface area contributed by atoms with Gasteiger partial charge in [-0.1, -0.05) is 17.7 Å². The molecule has 0 unspecified atom stereocenters. The van der Waals surface area contributed by atoms with Crippen LogP contribution in [0.15, 0.2) is 52.4 Å². The predicted molar refractivity (Wildman–Crippen MR) is 81.6 cm³/mol. The standard InChI is InChI=1S/C14H10ClN3OS/c15-13-9(2-1-5-16-13)8-18-14(19)12-4-3-11(20)6-10(12)7-17-18/h1-7,20H,8H2. The molecule has 0 amide bonds. The second-order valence-corrected chi connectivity index (χ2v) is 5.21. The Hall–Kier alpha value is -1.85. The van der Waals surface area contributed by atoms with E-state index in [2.05, 4.69) is 22.7 Å². The Morgan fingerprint density at radius 3 is 2.95 bits per heavy atom. The van der Waals surface area contributed by atoms with Gasteiger partial charge in [-0.15, -0.1) is 12.6 Å². The van der Waals surface area contributed by atoms with Crippen LogP contribution in [0.4, 0.5) is 0 Å². The Balaban J connectivity index is 2.09. The molecule has 0 atom stereocenters. The van der Waals surface area contributed by atoms with Gasteiger partial charge in [0.2, 0.25) is 0 Å². The number of halogens is 1. The fraction of sp³-hybridized carbons (Fsp3) is 0.0714. The van der Waals surface area contributed by atoms with E-state index in [1.807, 2.05) is 12.1 Å². The maximum absolute atomic E-state index is 12.4. The number of aromatic nitrogens is 3. The summed E-state index contributed by atoms with van der Waals surface area (Å²) >= 11 is 10.3. The highest BCUT2D eigenvalue weighted by Crippen LogP contribution is 2.15. The van der Waals surface area contributed by atoms with Crippen molar-refractivity contribution in [2.45, 2.75) is 11.4 Å². The average molecular weight is 304 g/mol. The molecule has 20 heavy (non-hydrogen) atoms. The number of rotatable bonds is 2. The molecule has 0 saturated carbocycles. The molecule has 4 nitrogen and oxygen atoms in total. The lowest BCUT2D eigenvalue weighted by molar-refractivity contribution is 0.646. The van der Waals surface area contributed by atoms with Crippen molar-refractivity contribution in [1.82, 2.24) is 14.8 Å². The van der Waals surface area contributed by atoms with E-state index < -0.39 is 0 Å². The van der Waals surface area contributed by atoms with Gasteiger partial charge in [0.25, 0.3) is 5.56 Å². The average Bonchev–Trinajstić information content (AvgIpc) is 2.44. The highest BCUT2D eigenvalue weighted by atomic mass is 35.5. The minimum atomic E-state index is -0.157. The zero-order chi connectivity index (χ0) is 14.1. The van der Waals surface area contributed by atoms with Crippen molar-refractivity contribution in [2.24, 2.45) is 0 Å². The fourth-order valence-corrected chi connectivity index (χ4v) is 2.38. The summed E-state index contributed by atoms with van der Waals surface area (Å²) in [5.41, 5.74) is 0.602. The van der Waals surface area contributed by atoms with E-state index in [0.717, 1.165) is 15.8 Å². The molecule has 0 aliphatic carbocycles. The third-order valence-electron chi connectivity index (χ3n) is 2.99. The van der Waals surface area contributed by atoms with Gasteiger partial charge in [0.05, 0.1) is 18.1 Å². The third kappa shape index (κ3) is 2.42. The summed E-state index contributed by atoms with van der Waals surface area (Å²) in [7, 11) is 0. The Morgan fingerprint density at radius 2 is 2.15 bits per heavy atom. The van der Waals surface area contributed by atoms with Crippen molar-refractivity contribution < 1.29 is 0 Å². The number of benzene rings is 1. The summed E-state index contributed by atoms with van der Waals surface area (Å²) in [6.07, 6.45) is 3.26. The van der Waals surface area contributed by atoms with Crippen LogP contribution in [0.5, 0.6) is 0 Å². The predicted octanol–water partition coefficient (Wildman–Crippen LogP) is 2.78. The fourth-order valence-electron chi connectivity index (χ4n) is 1.99. The van der Waals surface area contributed by atoms with Crippen molar-refractivity contribution >= 4 is 35.0 Å². The molecule has 0 fully saturated rings. The van der Waals surface area contributed by atoms with E-state index in [0.29, 0.717) is 17.1 Å². The Morgan fingerprint density at radius 1 is 1.30 bits per heavy atom. The molecule has 6 heteroatoms. The number of hydrogen-bond acceptors (Lipinski definition) is 4. The van der Waals surface area contributed by atoms with Crippen LogP contribution in [0.3, 0.4) is 0 Å². The molecule has 100 valence electrons. The van der Waals surface area contributed by atoms with E-state index in [-0.39, 0.29) is 5.56 Å². The van der Waals surface area contributed by atoms with Crippen LogP contribution in [0.2, 0.25) is 5.15 Å². The van der Waals surface area contributed by atoms with Crippen LogP contribution in [0.25, 0.3) is 10.8 Å². The SMILES string of the molecule is O=c1c2ccc(S)cc2cnn1Cc1cccnc1Cl. The molecule has 0 aliphatic rings. The second kappa shape index (κ2) is 5.26.